The first-order valence-electron chi connectivity index (χ1n) is 18.1. The summed E-state index contributed by atoms with van der Waals surface area (Å²) in [6.45, 7) is 4.41. The maximum absolute atomic E-state index is 14.6. The van der Waals surface area contributed by atoms with E-state index >= 15 is 0 Å². The number of benzene rings is 2. The SMILES string of the molecule is CCCCCCc1cc(-c2sc(-c3cc(CCCCCC)c(-c4c(OC)cc(F)cc4OC)s3)c(OC)c2OC)sc1-c1c(OC)cc(F)cc1OC. The van der Waals surface area contributed by atoms with E-state index in [0.29, 0.717) is 34.5 Å². The van der Waals surface area contributed by atoms with Gasteiger partial charge >= 0.3 is 0 Å². The first kappa shape index (κ1) is 40.4. The number of methoxy groups -OCH3 is 6. The molecule has 0 bridgehead atoms. The van der Waals surface area contributed by atoms with E-state index in [-0.39, 0.29) is 0 Å². The predicted octanol–water partition coefficient (Wildman–Crippen LogP) is 13.1. The van der Waals surface area contributed by atoms with Gasteiger partial charge in [-0.05, 0) is 48.9 Å². The molecule has 0 atom stereocenters. The summed E-state index contributed by atoms with van der Waals surface area (Å²) >= 11 is 4.83. The van der Waals surface area contributed by atoms with Gasteiger partial charge in [0.25, 0.3) is 0 Å². The van der Waals surface area contributed by atoms with Crippen molar-refractivity contribution < 1.29 is 37.2 Å². The quantitative estimate of drug-likeness (QED) is 0.0733. The smallest absolute Gasteiger partial charge is 0.180 e. The average Bonchev–Trinajstić information content (AvgIpc) is 3.89. The summed E-state index contributed by atoms with van der Waals surface area (Å²) < 4.78 is 64.4. The van der Waals surface area contributed by atoms with Gasteiger partial charge in [0.2, 0.25) is 0 Å². The summed E-state index contributed by atoms with van der Waals surface area (Å²) in [5.41, 5.74) is 3.75. The van der Waals surface area contributed by atoms with Crippen LogP contribution in [0.25, 0.3) is 40.4 Å². The van der Waals surface area contributed by atoms with Crippen LogP contribution in [-0.4, -0.2) is 42.7 Å². The number of rotatable bonds is 20. The standard InChI is InChI=1S/C42H50F2O6S3/c1-9-11-13-15-17-25-19-33(51-39(25)35-29(45-3)21-27(43)22-30(35)46-4)41-37(49-7)38(50-8)42(53-41)34-20-26(18-16-14-12-10-2)40(52-34)36-31(47-5)23-28(44)24-32(36)48-6/h19-24H,9-18H2,1-8H3. The molecule has 0 saturated heterocycles. The van der Waals surface area contributed by atoms with Crippen molar-refractivity contribution in [1.29, 1.82) is 0 Å². The van der Waals surface area contributed by atoms with E-state index in [9.17, 15) is 8.78 Å². The van der Waals surface area contributed by atoms with Crippen LogP contribution in [0.5, 0.6) is 34.5 Å². The van der Waals surface area contributed by atoms with Crippen LogP contribution in [0.2, 0.25) is 0 Å². The molecular weight excluding hydrogens is 735 g/mol. The van der Waals surface area contributed by atoms with Crippen LogP contribution in [0.15, 0.2) is 36.4 Å². The van der Waals surface area contributed by atoms with Gasteiger partial charge in [0.1, 0.15) is 34.6 Å². The van der Waals surface area contributed by atoms with Gasteiger partial charge in [0.05, 0.1) is 63.5 Å². The van der Waals surface area contributed by atoms with Crippen LogP contribution in [0, 0.1) is 11.6 Å². The van der Waals surface area contributed by atoms with E-state index in [1.165, 1.54) is 24.3 Å². The first-order chi connectivity index (χ1) is 25.8. The third-order valence-corrected chi connectivity index (χ3v) is 13.2. The molecule has 11 heteroatoms. The molecule has 0 unspecified atom stereocenters. The van der Waals surface area contributed by atoms with Crippen LogP contribution in [0.3, 0.4) is 0 Å². The van der Waals surface area contributed by atoms with Gasteiger partial charge < -0.3 is 28.4 Å². The minimum absolute atomic E-state index is 0.422. The third-order valence-electron chi connectivity index (χ3n) is 9.29. The Morgan fingerprint density at radius 1 is 0.434 bits per heavy atom. The van der Waals surface area contributed by atoms with Crippen LogP contribution >= 0.6 is 34.0 Å². The molecule has 0 aliphatic heterocycles. The molecule has 0 amide bonds. The van der Waals surface area contributed by atoms with Crippen LogP contribution in [0.1, 0.15) is 76.3 Å². The molecule has 6 nitrogen and oxygen atoms in total. The van der Waals surface area contributed by atoms with Crippen molar-refractivity contribution in [2.45, 2.75) is 78.1 Å². The number of halogens is 2. The Morgan fingerprint density at radius 3 is 1.09 bits per heavy atom. The lowest BCUT2D eigenvalue weighted by Crippen LogP contribution is -1.96. The van der Waals surface area contributed by atoms with Gasteiger partial charge in [0, 0.05) is 43.8 Å². The fraction of sp³-hybridized carbons (Fsp3) is 0.429. The van der Waals surface area contributed by atoms with E-state index in [4.69, 9.17) is 28.4 Å². The Balaban J connectivity index is 1.70. The minimum atomic E-state index is -0.422. The first-order valence-corrected chi connectivity index (χ1v) is 20.6. The molecule has 53 heavy (non-hydrogen) atoms. The van der Waals surface area contributed by atoms with Crippen molar-refractivity contribution in [2.75, 3.05) is 42.7 Å². The zero-order chi connectivity index (χ0) is 38.1. The van der Waals surface area contributed by atoms with Gasteiger partial charge in [-0.15, -0.1) is 34.0 Å². The molecule has 0 aliphatic rings. The molecule has 0 saturated carbocycles. The Morgan fingerprint density at radius 2 is 0.792 bits per heavy atom. The molecule has 3 aromatic heterocycles. The van der Waals surface area contributed by atoms with E-state index in [0.717, 1.165) is 116 Å². The summed E-state index contributed by atoms with van der Waals surface area (Å²) in [5.74, 6) is 2.13. The highest BCUT2D eigenvalue weighted by Gasteiger charge is 2.29. The monoisotopic (exact) mass is 784 g/mol. The summed E-state index contributed by atoms with van der Waals surface area (Å²) in [7, 11) is 9.54. The van der Waals surface area contributed by atoms with Gasteiger partial charge in [0.15, 0.2) is 11.5 Å². The predicted molar refractivity (Wildman–Crippen MR) is 217 cm³/mol. The second-order valence-electron chi connectivity index (χ2n) is 12.7. The van der Waals surface area contributed by atoms with Crippen LogP contribution < -0.4 is 28.4 Å². The van der Waals surface area contributed by atoms with Crippen molar-refractivity contribution in [3.05, 3.63) is 59.2 Å². The summed E-state index contributed by atoms with van der Waals surface area (Å²) in [6.07, 6.45) is 10.6. The molecule has 0 N–H and O–H groups in total. The molecule has 5 rings (SSSR count). The number of hydrogen-bond acceptors (Lipinski definition) is 9. The highest BCUT2D eigenvalue weighted by atomic mass is 32.1. The van der Waals surface area contributed by atoms with Crippen molar-refractivity contribution in [3.63, 3.8) is 0 Å². The number of hydrogen-bond donors (Lipinski definition) is 0. The topological polar surface area (TPSA) is 55.4 Å². The zero-order valence-corrected chi connectivity index (χ0v) is 34.4. The zero-order valence-electron chi connectivity index (χ0n) is 32.0. The fourth-order valence-electron chi connectivity index (χ4n) is 6.66. The molecule has 286 valence electrons. The lowest BCUT2D eigenvalue weighted by molar-refractivity contribution is 0.360. The van der Waals surface area contributed by atoms with E-state index in [2.05, 4.69) is 26.0 Å². The normalized spacial score (nSPS) is 11.2. The summed E-state index contributed by atoms with van der Waals surface area (Å²) in [4.78, 5) is 5.82. The molecule has 0 radical (unpaired) electrons. The molecule has 0 spiro atoms. The second-order valence-corrected chi connectivity index (χ2v) is 15.9. The van der Waals surface area contributed by atoms with Crippen molar-refractivity contribution in [2.24, 2.45) is 0 Å². The highest BCUT2D eigenvalue weighted by molar-refractivity contribution is 7.28. The molecule has 5 aromatic rings. The molecule has 3 heterocycles. The molecular formula is C42H50F2O6S3. The number of ether oxygens (including phenoxy) is 6. The Hall–Kier alpha value is -3.80. The summed E-state index contributed by atoms with van der Waals surface area (Å²) in [5, 5.41) is 0. The Bertz CT molecular complexity index is 1790. The van der Waals surface area contributed by atoms with E-state index in [1.807, 2.05) is 0 Å². The van der Waals surface area contributed by atoms with Gasteiger partial charge in [-0.1, -0.05) is 52.4 Å². The van der Waals surface area contributed by atoms with Crippen molar-refractivity contribution in [3.8, 4) is 74.9 Å². The maximum atomic E-state index is 14.6. The van der Waals surface area contributed by atoms with Crippen LogP contribution in [0.4, 0.5) is 8.78 Å². The third kappa shape index (κ3) is 8.79. The minimum Gasteiger partial charge on any atom is -0.496 e. The number of unbranched alkanes of at least 4 members (excludes halogenated alkanes) is 6. The van der Waals surface area contributed by atoms with Crippen molar-refractivity contribution >= 4 is 34.0 Å². The fourth-order valence-corrected chi connectivity index (χ4v) is 10.6. The van der Waals surface area contributed by atoms with E-state index < -0.39 is 11.6 Å². The lowest BCUT2D eigenvalue weighted by atomic mass is 10.0. The largest absolute Gasteiger partial charge is 0.496 e. The van der Waals surface area contributed by atoms with Gasteiger partial charge in [-0.25, -0.2) is 8.78 Å². The summed E-state index contributed by atoms with van der Waals surface area (Å²) in [6, 6.07) is 10.1. The average molecular weight is 785 g/mol. The molecule has 2 aromatic carbocycles. The Labute approximate surface area is 324 Å². The highest BCUT2D eigenvalue weighted by Crippen LogP contribution is 2.58. The Kier molecular flexibility index (Phi) is 14.5. The van der Waals surface area contributed by atoms with Gasteiger partial charge in [-0.3, -0.25) is 0 Å². The molecule has 0 aliphatic carbocycles. The lowest BCUT2D eigenvalue weighted by Gasteiger charge is -2.14. The van der Waals surface area contributed by atoms with Gasteiger partial charge in [-0.2, -0.15) is 0 Å². The van der Waals surface area contributed by atoms with E-state index in [1.54, 1.807) is 76.7 Å². The van der Waals surface area contributed by atoms with Crippen molar-refractivity contribution in [1.82, 2.24) is 0 Å². The maximum Gasteiger partial charge on any atom is 0.180 e. The number of thiophene rings is 3. The number of aryl methyl sites for hydroxylation is 2. The van der Waals surface area contributed by atoms with Crippen LogP contribution in [-0.2, 0) is 12.8 Å². The molecule has 0 fully saturated rings. The second kappa shape index (κ2) is 19.0.